The molecular weight excluding hydrogens is 308 g/mol. The quantitative estimate of drug-likeness (QED) is 0.800. The molecular formula is C14H13ClN4OS. The van der Waals surface area contributed by atoms with E-state index < -0.39 is 5.56 Å². The van der Waals surface area contributed by atoms with Crippen LogP contribution in [0.5, 0.6) is 0 Å². The first-order valence-corrected chi connectivity index (χ1v) is 7.78. The smallest absolute Gasteiger partial charge is 0.285 e. The predicted molar refractivity (Wildman–Crippen MR) is 85.7 cm³/mol. The molecule has 2 aromatic rings. The third-order valence-electron chi connectivity index (χ3n) is 2.75. The van der Waals surface area contributed by atoms with E-state index >= 15 is 0 Å². The Labute approximate surface area is 131 Å². The molecule has 0 bridgehead atoms. The largest absolute Gasteiger partial charge is 0.382 e. The predicted octanol–water partition coefficient (Wildman–Crippen LogP) is 2.64. The second kappa shape index (κ2) is 7.72. The van der Waals surface area contributed by atoms with Crippen LogP contribution in [0.15, 0.2) is 35.3 Å². The molecule has 5 nitrogen and oxygen atoms in total. The van der Waals surface area contributed by atoms with Crippen molar-refractivity contribution in [3.63, 3.8) is 0 Å². The van der Waals surface area contributed by atoms with Crippen molar-refractivity contribution < 1.29 is 0 Å². The topological polar surface area (TPSA) is 81.6 Å². The van der Waals surface area contributed by atoms with Crippen LogP contribution in [0.3, 0.4) is 0 Å². The number of nitriles is 1. The van der Waals surface area contributed by atoms with E-state index in [-0.39, 0.29) is 5.02 Å². The van der Waals surface area contributed by atoms with E-state index in [1.165, 1.54) is 6.20 Å². The maximum atomic E-state index is 11.3. The summed E-state index contributed by atoms with van der Waals surface area (Å²) in [6, 6.07) is 9.74. The Morgan fingerprint density at radius 2 is 2.24 bits per heavy atom. The van der Waals surface area contributed by atoms with Crippen LogP contribution in [0.4, 0.5) is 5.69 Å². The van der Waals surface area contributed by atoms with Crippen molar-refractivity contribution in [2.24, 2.45) is 0 Å². The van der Waals surface area contributed by atoms with Gasteiger partial charge in [-0.2, -0.15) is 22.1 Å². The van der Waals surface area contributed by atoms with E-state index in [0.29, 0.717) is 17.8 Å². The average Bonchev–Trinajstić information content (AvgIpc) is 2.51. The van der Waals surface area contributed by atoms with Crippen LogP contribution in [0, 0.1) is 11.3 Å². The summed E-state index contributed by atoms with van der Waals surface area (Å²) in [7, 11) is 0. The Balaban J connectivity index is 1.79. The number of thioether (sulfide) groups is 1. The second-order valence-electron chi connectivity index (χ2n) is 4.18. The van der Waals surface area contributed by atoms with E-state index in [1.807, 2.05) is 24.3 Å². The fraction of sp³-hybridized carbons (Fsp3) is 0.214. The molecule has 0 fully saturated rings. The van der Waals surface area contributed by atoms with Gasteiger partial charge in [-0.3, -0.25) is 4.79 Å². The van der Waals surface area contributed by atoms with E-state index in [2.05, 4.69) is 21.6 Å². The van der Waals surface area contributed by atoms with Crippen molar-refractivity contribution in [3.8, 4) is 6.07 Å². The first-order valence-electron chi connectivity index (χ1n) is 6.25. The molecule has 0 unspecified atom stereocenters. The van der Waals surface area contributed by atoms with Gasteiger partial charge in [0.1, 0.15) is 5.02 Å². The van der Waals surface area contributed by atoms with Gasteiger partial charge in [0.2, 0.25) is 0 Å². The highest BCUT2D eigenvalue weighted by atomic mass is 35.5. The van der Waals surface area contributed by atoms with Gasteiger partial charge < -0.3 is 5.32 Å². The SMILES string of the molecule is N#Cc1ccccc1CSCCNc1cn[nH]c(=O)c1Cl. The van der Waals surface area contributed by atoms with Gasteiger partial charge in [0.05, 0.1) is 23.5 Å². The van der Waals surface area contributed by atoms with Gasteiger partial charge in [-0.05, 0) is 11.6 Å². The van der Waals surface area contributed by atoms with Crippen LogP contribution < -0.4 is 10.9 Å². The summed E-state index contributed by atoms with van der Waals surface area (Å²) in [5, 5.41) is 18.1. The van der Waals surface area contributed by atoms with Gasteiger partial charge >= 0.3 is 0 Å². The Morgan fingerprint density at radius 3 is 3.05 bits per heavy atom. The molecule has 0 saturated carbocycles. The van der Waals surface area contributed by atoms with Crippen molar-refractivity contribution in [2.45, 2.75) is 5.75 Å². The van der Waals surface area contributed by atoms with Crippen LogP contribution in [0.2, 0.25) is 5.02 Å². The number of hydrogen-bond donors (Lipinski definition) is 2. The normalized spacial score (nSPS) is 10.1. The minimum atomic E-state index is -0.405. The number of aromatic amines is 1. The minimum absolute atomic E-state index is 0.116. The number of anilines is 1. The molecule has 2 N–H and O–H groups in total. The Morgan fingerprint density at radius 1 is 1.43 bits per heavy atom. The summed E-state index contributed by atoms with van der Waals surface area (Å²) in [5.74, 6) is 1.59. The van der Waals surface area contributed by atoms with Crippen LogP contribution in [0.1, 0.15) is 11.1 Å². The lowest BCUT2D eigenvalue weighted by molar-refractivity contribution is 0.985. The van der Waals surface area contributed by atoms with E-state index in [4.69, 9.17) is 16.9 Å². The third-order valence-corrected chi connectivity index (χ3v) is 4.14. The van der Waals surface area contributed by atoms with E-state index in [0.717, 1.165) is 17.1 Å². The first kappa shape index (κ1) is 15.4. The first-order chi connectivity index (χ1) is 10.2. The second-order valence-corrected chi connectivity index (χ2v) is 5.66. The molecule has 7 heteroatoms. The number of nitrogens with one attached hydrogen (secondary N) is 2. The molecule has 21 heavy (non-hydrogen) atoms. The molecule has 0 atom stereocenters. The number of halogens is 1. The summed E-state index contributed by atoms with van der Waals surface area (Å²) >= 11 is 7.55. The Bertz CT molecular complexity index is 711. The molecule has 0 aliphatic rings. The molecule has 0 aliphatic carbocycles. The molecule has 0 spiro atoms. The molecule has 1 aromatic heterocycles. The van der Waals surface area contributed by atoms with Crippen molar-refractivity contribution in [3.05, 3.63) is 57.0 Å². The molecule has 0 radical (unpaired) electrons. The maximum Gasteiger partial charge on any atom is 0.285 e. The standard InChI is InChI=1S/C14H13ClN4OS/c15-13-12(8-18-19-14(13)20)17-5-6-21-9-11-4-2-1-3-10(11)7-16/h1-4,8H,5-6,9H2,(H2,17,19,20). The fourth-order valence-corrected chi connectivity index (χ4v) is 2.72. The molecule has 0 amide bonds. The van der Waals surface area contributed by atoms with Crippen LogP contribution in [-0.4, -0.2) is 22.5 Å². The lowest BCUT2D eigenvalue weighted by atomic mass is 10.1. The lowest BCUT2D eigenvalue weighted by Crippen LogP contribution is -2.13. The van der Waals surface area contributed by atoms with E-state index in [9.17, 15) is 4.79 Å². The van der Waals surface area contributed by atoms with Crippen LogP contribution in [-0.2, 0) is 5.75 Å². The number of nitrogens with zero attached hydrogens (tertiary/aromatic N) is 2. The number of aromatic nitrogens is 2. The number of hydrogen-bond acceptors (Lipinski definition) is 5. The average molecular weight is 321 g/mol. The highest BCUT2D eigenvalue weighted by molar-refractivity contribution is 7.98. The van der Waals surface area contributed by atoms with Crippen molar-refractivity contribution in [1.82, 2.24) is 10.2 Å². The number of rotatable bonds is 6. The molecule has 1 heterocycles. The van der Waals surface area contributed by atoms with Crippen LogP contribution >= 0.6 is 23.4 Å². The molecule has 0 aliphatic heterocycles. The highest BCUT2D eigenvalue weighted by Crippen LogP contribution is 2.17. The highest BCUT2D eigenvalue weighted by Gasteiger charge is 2.04. The minimum Gasteiger partial charge on any atom is -0.382 e. The zero-order valence-electron chi connectivity index (χ0n) is 11.1. The molecule has 1 aromatic carbocycles. The van der Waals surface area contributed by atoms with Crippen molar-refractivity contribution in [1.29, 1.82) is 5.26 Å². The summed E-state index contributed by atoms with van der Waals surface area (Å²) in [5.41, 5.74) is 1.86. The Kier molecular flexibility index (Phi) is 5.67. The molecule has 2 rings (SSSR count). The van der Waals surface area contributed by atoms with Crippen molar-refractivity contribution in [2.75, 3.05) is 17.6 Å². The summed E-state index contributed by atoms with van der Waals surface area (Å²) in [6.07, 6.45) is 1.49. The van der Waals surface area contributed by atoms with Gasteiger partial charge in [0.15, 0.2) is 0 Å². The third kappa shape index (κ3) is 4.25. The Hall–Kier alpha value is -1.97. The van der Waals surface area contributed by atoms with Gasteiger partial charge in [0.25, 0.3) is 5.56 Å². The van der Waals surface area contributed by atoms with Gasteiger partial charge in [-0.25, -0.2) is 5.10 Å². The number of benzene rings is 1. The van der Waals surface area contributed by atoms with Crippen LogP contribution in [0.25, 0.3) is 0 Å². The fourth-order valence-electron chi connectivity index (χ4n) is 1.70. The molecule has 108 valence electrons. The van der Waals surface area contributed by atoms with Gasteiger partial charge in [0, 0.05) is 18.1 Å². The summed E-state index contributed by atoms with van der Waals surface area (Å²) < 4.78 is 0. The zero-order valence-corrected chi connectivity index (χ0v) is 12.7. The lowest BCUT2D eigenvalue weighted by Gasteiger charge is -2.07. The number of H-pyrrole nitrogens is 1. The summed E-state index contributed by atoms with van der Waals surface area (Å²) in [4.78, 5) is 11.3. The summed E-state index contributed by atoms with van der Waals surface area (Å²) in [6.45, 7) is 0.657. The van der Waals surface area contributed by atoms with E-state index in [1.54, 1.807) is 11.8 Å². The molecule has 0 saturated heterocycles. The van der Waals surface area contributed by atoms with Gasteiger partial charge in [-0.1, -0.05) is 29.8 Å². The van der Waals surface area contributed by atoms with Crippen molar-refractivity contribution >= 4 is 29.1 Å². The monoisotopic (exact) mass is 320 g/mol. The van der Waals surface area contributed by atoms with Gasteiger partial charge in [-0.15, -0.1) is 0 Å². The zero-order chi connectivity index (χ0) is 15.1. The maximum absolute atomic E-state index is 11.3.